The molecule has 3 N–H and O–H groups in total. The first-order valence-electron chi connectivity index (χ1n) is 8.58. The van der Waals surface area contributed by atoms with Crippen molar-refractivity contribution in [1.82, 2.24) is 10.6 Å². The number of alkyl carbamates (subject to hydrolysis) is 1. The molecule has 3 atom stereocenters. The van der Waals surface area contributed by atoms with Crippen LogP contribution in [0.5, 0.6) is 0 Å². The van der Waals surface area contributed by atoms with Crippen molar-refractivity contribution in [1.29, 1.82) is 0 Å². The first kappa shape index (κ1) is 22.6. The Kier molecular flexibility index (Phi) is 7.76. The average molecular weight is 391 g/mol. The predicted octanol–water partition coefficient (Wildman–Crippen LogP) is 1.97. The number of methoxy groups -OCH3 is 1. The molecule has 8 nitrogen and oxygen atoms in total. The molecule has 9 heteroatoms. The van der Waals surface area contributed by atoms with E-state index >= 15 is 0 Å². The highest BCUT2D eigenvalue weighted by atomic mass is 32.2. The zero-order valence-corrected chi connectivity index (χ0v) is 17.1. The van der Waals surface area contributed by atoms with Crippen molar-refractivity contribution in [3.63, 3.8) is 0 Å². The molecule has 1 amide bonds. The van der Waals surface area contributed by atoms with Crippen molar-refractivity contribution < 1.29 is 29.0 Å². The van der Waals surface area contributed by atoms with E-state index in [9.17, 15) is 19.5 Å². The molecule has 1 saturated heterocycles. The van der Waals surface area contributed by atoms with Gasteiger partial charge in [0, 0.05) is 12.2 Å². The summed E-state index contributed by atoms with van der Waals surface area (Å²) >= 11 is 1.44. The topological polar surface area (TPSA) is 114 Å². The maximum atomic E-state index is 12.3. The molecule has 0 aromatic heterocycles. The van der Waals surface area contributed by atoms with Crippen LogP contribution in [-0.2, 0) is 19.1 Å². The molecule has 0 aromatic rings. The Morgan fingerprint density at radius 3 is 2.38 bits per heavy atom. The number of esters is 1. The molecule has 1 fully saturated rings. The fraction of sp³-hybridized carbons (Fsp3) is 0.824. The second kappa shape index (κ2) is 8.94. The zero-order valence-electron chi connectivity index (χ0n) is 16.3. The van der Waals surface area contributed by atoms with Gasteiger partial charge in [-0.1, -0.05) is 13.8 Å². The van der Waals surface area contributed by atoms with Gasteiger partial charge in [-0.2, -0.15) is 0 Å². The van der Waals surface area contributed by atoms with Crippen molar-refractivity contribution in [2.75, 3.05) is 12.9 Å². The maximum absolute atomic E-state index is 12.3. The summed E-state index contributed by atoms with van der Waals surface area (Å²) in [4.78, 5) is 36.0. The van der Waals surface area contributed by atoms with Crippen LogP contribution >= 0.6 is 11.8 Å². The summed E-state index contributed by atoms with van der Waals surface area (Å²) < 4.78 is 9.97. The molecule has 0 radical (unpaired) electrons. The lowest BCUT2D eigenvalue weighted by Gasteiger charge is -2.34. The lowest BCUT2D eigenvalue weighted by atomic mass is 9.85. The van der Waals surface area contributed by atoms with E-state index in [4.69, 9.17) is 9.47 Å². The Balaban J connectivity index is 2.95. The van der Waals surface area contributed by atoms with Crippen molar-refractivity contribution in [2.45, 2.75) is 70.0 Å². The van der Waals surface area contributed by atoms with Gasteiger partial charge in [0.2, 0.25) is 0 Å². The highest BCUT2D eigenvalue weighted by molar-refractivity contribution is 8.00. The highest BCUT2D eigenvalue weighted by Gasteiger charge is 2.45. The van der Waals surface area contributed by atoms with Crippen LogP contribution in [0.3, 0.4) is 0 Å². The summed E-state index contributed by atoms with van der Waals surface area (Å²) in [5.41, 5.74) is -2.23. The minimum atomic E-state index is -1.49. The summed E-state index contributed by atoms with van der Waals surface area (Å²) in [5.74, 6) is -0.990. The van der Waals surface area contributed by atoms with E-state index in [1.165, 1.54) is 18.9 Å². The lowest BCUT2D eigenvalue weighted by Crippen LogP contribution is -2.58. The number of carboxylic acids is 1. The van der Waals surface area contributed by atoms with Gasteiger partial charge in [-0.05, 0) is 33.1 Å². The van der Waals surface area contributed by atoms with E-state index in [1.54, 1.807) is 20.8 Å². The minimum absolute atomic E-state index is 0.0313. The van der Waals surface area contributed by atoms with Gasteiger partial charge >= 0.3 is 18.0 Å². The van der Waals surface area contributed by atoms with Crippen LogP contribution in [0.4, 0.5) is 4.79 Å². The minimum Gasteiger partial charge on any atom is -0.480 e. The number of aliphatic carboxylic acids is 1. The molecule has 1 aliphatic rings. The fourth-order valence-corrected chi connectivity index (χ4v) is 4.17. The highest BCUT2D eigenvalue weighted by Crippen LogP contribution is 2.31. The van der Waals surface area contributed by atoms with Gasteiger partial charge < -0.3 is 19.9 Å². The van der Waals surface area contributed by atoms with Crippen molar-refractivity contribution in [3.8, 4) is 0 Å². The monoisotopic (exact) mass is 390 g/mol. The molecule has 1 heterocycles. The Labute approximate surface area is 158 Å². The van der Waals surface area contributed by atoms with Gasteiger partial charge in [-0.25, -0.2) is 9.59 Å². The van der Waals surface area contributed by atoms with Crippen LogP contribution in [0.15, 0.2) is 0 Å². The predicted molar refractivity (Wildman–Crippen MR) is 99.0 cm³/mol. The lowest BCUT2D eigenvalue weighted by molar-refractivity contribution is -0.146. The van der Waals surface area contributed by atoms with Gasteiger partial charge in [0.15, 0.2) is 0 Å². The molecule has 1 rings (SSSR count). The van der Waals surface area contributed by atoms with Crippen LogP contribution in [0.25, 0.3) is 0 Å². The number of carbonyl (C=O) groups excluding carboxylic acids is 2. The van der Waals surface area contributed by atoms with Gasteiger partial charge in [-0.3, -0.25) is 10.1 Å². The molecule has 150 valence electrons. The van der Waals surface area contributed by atoms with Crippen LogP contribution in [0.2, 0.25) is 0 Å². The summed E-state index contributed by atoms with van der Waals surface area (Å²) in [6, 6.07) is -0.484. The summed E-state index contributed by atoms with van der Waals surface area (Å²) in [6.45, 7) is 8.92. The number of nitrogens with one attached hydrogen (secondary N) is 2. The molecule has 1 unspecified atom stereocenters. The van der Waals surface area contributed by atoms with E-state index < -0.39 is 29.2 Å². The number of hydrogen-bond donors (Lipinski definition) is 3. The number of carboxylic acid groups (broad SMARTS) is 1. The zero-order chi connectivity index (χ0) is 20.1. The fourth-order valence-electron chi connectivity index (χ4n) is 2.86. The van der Waals surface area contributed by atoms with Gasteiger partial charge in [0.25, 0.3) is 0 Å². The third-order valence-electron chi connectivity index (χ3n) is 3.78. The molecule has 0 aromatic carbocycles. The maximum Gasteiger partial charge on any atom is 0.408 e. The van der Waals surface area contributed by atoms with Crippen molar-refractivity contribution in [2.24, 2.45) is 5.92 Å². The molecular weight excluding hydrogens is 360 g/mol. The number of hydrogen-bond acceptors (Lipinski definition) is 7. The largest absolute Gasteiger partial charge is 0.480 e. The van der Waals surface area contributed by atoms with Crippen molar-refractivity contribution >= 4 is 29.8 Å². The molecule has 0 spiro atoms. The van der Waals surface area contributed by atoms with Gasteiger partial charge in [0.05, 0.1) is 12.5 Å². The van der Waals surface area contributed by atoms with E-state index in [1.807, 2.05) is 13.8 Å². The number of carbonyl (C=O) groups is 3. The van der Waals surface area contributed by atoms with E-state index in [0.717, 1.165) is 0 Å². The van der Waals surface area contributed by atoms with Gasteiger partial charge in [-0.15, -0.1) is 11.8 Å². The Morgan fingerprint density at radius 2 is 1.92 bits per heavy atom. The number of rotatable bonds is 7. The first-order valence-corrected chi connectivity index (χ1v) is 9.63. The Bertz CT molecular complexity index is 534. The van der Waals surface area contributed by atoms with E-state index in [-0.39, 0.29) is 30.1 Å². The van der Waals surface area contributed by atoms with Crippen LogP contribution < -0.4 is 10.6 Å². The quantitative estimate of drug-likeness (QED) is 0.566. The Hall–Kier alpha value is -1.48. The molecule has 0 aliphatic carbocycles. The molecule has 0 bridgehead atoms. The summed E-state index contributed by atoms with van der Waals surface area (Å²) in [5, 5.41) is 15.3. The summed E-state index contributed by atoms with van der Waals surface area (Å²) in [7, 11) is 1.31. The first-order chi connectivity index (χ1) is 11.9. The molecular formula is C17H30N2O6S. The summed E-state index contributed by atoms with van der Waals surface area (Å²) in [6.07, 6.45) is -0.408. The van der Waals surface area contributed by atoms with Crippen LogP contribution in [0, 0.1) is 5.92 Å². The normalized spacial score (nSPS) is 22.6. The molecule has 26 heavy (non-hydrogen) atoms. The SMILES string of the molecule is COC(=O)[C@H]1CSC(C[C@@](CC(C)C)(NC(=O)OC(C)(C)C)C(=O)O)N1. The molecule has 0 saturated carbocycles. The van der Waals surface area contributed by atoms with Crippen LogP contribution in [-0.4, -0.2) is 58.6 Å². The standard InChI is InChI=1S/C17H30N2O6S/c1-10(2)7-17(14(21)22,19-15(23)25-16(3,4)5)8-12-18-11(9-26-12)13(20)24-6/h10-12,18H,7-9H2,1-6H3,(H,19,23)(H,21,22)/t11-,12?,17-/m1/s1. The smallest absolute Gasteiger partial charge is 0.408 e. The second-order valence-corrected chi connectivity index (χ2v) is 9.12. The second-order valence-electron chi connectivity index (χ2n) is 7.88. The third-order valence-corrected chi connectivity index (χ3v) is 5.01. The Morgan fingerprint density at radius 1 is 1.31 bits per heavy atom. The van der Waals surface area contributed by atoms with E-state index in [0.29, 0.717) is 5.75 Å². The average Bonchev–Trinajstić information content (AvgIpc) is 2.91. The van der Waals surface area contributed by atoms with Gasteiger partial charge in [0.1, 0.15) is 17.2 Å². The van der Waals surface area contributed by atoms with Crippen molar-refractivity contribution in [3.05, 3.63) is 0 Å². The number of amides is 1. The number of ether oxygens (including phenoxy) is 2. The van der Waals surface area contributed by atoms with E-state index in [2.05, 4.69) is 10.6 Å². The number of thioether (sulfide) groups is 1. The third kappa shape index (κ3) is 6.68. The molecule has 1 aliphatic heterocycles. The van der Waals surface area contributed by atoms with Crippen LogP contribution in [0.1, 0.15) is 47.5 Å².